The number of aromatic nitrogens is 2. The second-order valence-electron chi connectivity index (χ2n) is 4.59. The summed E-state index contributed by atoms with van der Waals surface area (Å²) in [6.45, 7) is 5.39. The lowest BCUT2D eigenvalue weighted by Gasteiger charge is -2.24. The van der Waals surface area contributed by atoms with E-state index in [0.29, 0.717) is 6.04 Å². The minimum absolute atomic E-state index is 0.697. The molecule has 4 nitrogen and oxygen atoms in total. The Kier molecular flexibility index (Phi) is 3.08. The van der Waals surface area contributed by atoms with Crippen LogP contribution in [0.5, 0.6) is 0 Å². The van der Waals surface area contributed by atoms with E-state index in [0.717, 1.165) is 36.6 Å². The third-order valence-electron chi connectivity index (χ3n) is 3.19. The maximum Gasteiger partial charge on any atom is 0.150 e. The second kappa shape index (κ2) is 4.36. The predicted octanol–water partition coefficient (Wildman–Crippen LogP) is 1.94. The first-order valence-electron chi connectivity index (χ1n) is 6.27. The van der Waals surface area contributed by atoms with Gasteiger partial charge in [-0.05, 0) is 25.7 Å². The molecule has 0 aliphatic heterocycles. The van der Waals surface area contributed by atoms with E-state index in [2.05, 4.69) is 23.8 Å². The van der Waals surface area contributed by atoms with Gasteiger partial charge in [0.2, 0.25) is 0 Å². The van der Waals surface area contributed by atoms with Crippen LogP contribution in [0, 0.1) is 0 Å². The molecule has 0 spiro atoms. The van der Waals surface area contributed by atoms with Gasteiger partial charge in [0.1, 0.15) is 0 Å². The zero-order valence-electron chi connectivity index (χ0n) is 10.5. The normalized spacial score (nSPS) is 15.4. The summed E-state index contributed by atoms with van der Waals surface area (Å²) in [6, 6.07) is 0.697. The van der Waals surface area contributed by atoms with Crippen molar-refractivity contribution in [1.82, 2.24) is 9.78 Å². The number of aryl methyl sites for hydroxylation is 2. The topological polar surface area (TPSA) is 47.1 Å². The van der Waals surface area contributed by atoms with Gasteiger partial charge < -0.3 is 10.6 Å². The molecule has 2 N–H and O–H groups in total. The van der Waals surface area contributed by atoms with Gasteiger partial charge >= 0.3 is 0 Å². The van der Waals surface area contributed by atoms with E-state index < -0.39 is 0 Å². The van der Waals surface area contributed by atoms with E-state index in [4.69, 9.17) is 5.73 Å². The number of rotatable bonds is 5. The van der Waals surface area contributed by atoms with Crippen molar-refractivity contribution in [2.45, 2.75) is 45.6 Å². The maximum atomic E-state index is 6.19. The van der Waals surface area contributed by atoms with Crippen molar-refractivity contribution in [3.8, 4) is 0 Å². The lowest BCUT2D eigenvalue weighted by atomic mass is 10.2. The minimum atomic E-state index is 0.697. The lowest BCUT2D eigenvalue weighted by Crippen LogP contribution is -2.29. The number of anilines is 2. The maximum absolute atomic E-state index is 6.19. The molecule has 1 aliphatic rings. The van der Waals surface area contributed by atoms with Crippen LogP contribution >= 0.6 is 0 Å². The Labute approximate surface area is 97.4 Å². The van der Waals surface area contributed by atoms with E-state index in [1.807, 2.05) is 11.7 Å². The highest BCUT2D eigenvalue weighted by Gasteiger charge is 2.32. The summed E-state index contributed by atoms with van der Waals surface area (Å²) in [5, 5.41) is 4.49. The highest BCUT2D eigenvalue weighted by atomic mass is 15.4. The monoisotopic (exact) mass is 222 g/mol. The van der Waals surface area contributed by atoms with Crippen molar-refractivity contribution in [3.05, 3.63) is 5.69 Å². The van der Waals surface area contributed by atoms with Crippen molar-refractivity contribution in [2.24, 2.45) is 7.05 Å². The summed E-state index contributed by atoms with van der Waals surface area (Å²) in [6.07, 6.45) is 4.66. The fraction of sp³-hybridized carbons (Fsp3) is 0.750. The molecule has 2 rings (SSSR count). The number of hydrogen-bond acceptors (Lipinski definition) is 3. The Morgan fingerprint density at radius 1 is 1.44 bits per heavy atom. The molecular formula is C12H22N4. The van der Waals surface area contributed by atoms with E-state index >= 15 is 0 Å². The van der Waals surface area contributed by atoms with Gasteiger partial charge in [-0.2, -0.15) is 5.10 Å². The van der Waals surface area contributed by atoms with Crippen LogP contribution in [0.4, 0.5) is 11.5 Å². The quantitative estimate of drug-likeness (QED) is 0.828. The van der Waals surface area contributed by atoms with Crippen molar-refractivity contribution < 1.29 is 0 Å². The Morgan fingerprint density at radius 3 is 2.56 bits per heavy atom. The van der Waals surface area contributed by atoms with Gasteiger partial charge in [-0.3, -0.25) is 4.68 Å². The molecular weight excluding hydrogens is 200 g/mol. The SMILES string of the molecule is CCCN(c1c(N)c(CC)nn1C)C1CC1. The van der Waals surface area contributed by atoms with Crippen molar-refractivity contribution in [1.29, 1.82) is 0 Å². The summed E-state index contributed by atoms with van der Waals surface area (Å²) in [4.78, 5) is 2.43. The number of nitrogens with two attached hydrogens (primary N) is 1. The molecule has 0 radical (unpaired) electrons. The standard InChI is InChI=1S/C12H22N4/c1-4-8-16(9-6-7-9)12-11(13)10(5-2)14-15(12)3/h9H,4-8,13H2,1-3H3. The Bertz CT molecular complexity index is 365. The van der Waals surface area contributed by atoms with E-state index in [9.17, 15) is 0 Å². The average molecular weight is 222 g/mol. The average Bonchev–Trinajstić information content (AvgIpc) is 3.04. The van der Waals surface area contributed by atoms with Gasteiger partial charge in [-0.1, -0.05) is 13.8 Å². The van der Waals surface area contributed by atoms with Crippen LogP contribution in [0.25, 0.3) is 0 Å². The molecule has 4 heteroatoms. The van der Waals surface area contributed by atoms with Crippen LogP contribution in [-0.2, 0) is 13.5 Å². The van der Waals surface area contributed by atoms with Crippen LogP contribution in [0.2, 0.25) is 0 Å². The number of nitrogens with zero attached hydrogens (tertiary/aromatic N) is 3. The van der Waals surface area contributed by atoms with Crippen LogP contribution in [0.1, 0.15) is 38.8 Å². The highest BCUT2D eigenvalue weighted by molar-refractivity contribution is 5.67. The molecule has 0 atom stereocenters. The zero-order valence-corrected chi connectivity index (χ0v) is 10.5. The lowest BCUT2D eigenvalue weighted by molar-refractivity contribution is 0.681. The van der Waals surface area contributed by atoms with Gasteiger partial charge in [-0.25, -0.2) is 0 Å². The van der Waals surface area contributed by atoms with Gasteiger partial charge in [0.15, 0.2) is 5.82 Å². The molecule has 1 fully saturated rings. The molecule has 1 aromatic rings. The fourth-order valence-electron chi connectivity index (χ4n) is 2.28. The minimum Gasteiger partial charge on any atom is -0.394 e. The second-order valence-corrected chi connectivity index (χ2v) is 4.59. The fourth-order valence-corrected chi connectivity index (χ4v) is 2.28. The molecule has 16 heavy (non-hydrogen) atoms. The molecule has 0 aromatic carbocycles. The molecule has 0 amide bonds. The Balaban J connectivity index is 2.32. The first kappa shape index (κ1) is 11.3. The predicted molar refractivity (Wildman–Crippen MR) is 67.7 cm³/mol. The van der Waals surface area contributed by atoms with Gasteiger partial charge in [0.05, 0.1) is 11.4 Å². The van der Waals surface area contributed by atoms with Gasteiger partial charge in [-0.15, -0.1) is 0 Å². The third kappa shape index (κ3) is 1.88. The number of nitrogen functional groups attached to an aromatic ring is 1. The first-order valence-corrected chi connectivity index (χ1v) is 6.27. The van der Waals surface area contributed by atoms with E-state index in [1.165, 1.54) is 12.8 Å². The molecule has 0 bridgehead atoms. The first-order chi connectivity index (χ1) is 7.69. The van der Waals surface area contributed by atoms with E-state index in [-0.39, 0.29) is 0 Å². The smallest absolute Gasteiger partial charge is 0.150 e. The Morgan fingerprint density at radius 2 is 2.12 bits per heavy atom. The summed E-state index contributed by atoms with van der Waals surface area (Å²) in [5.74, 6) is 1.13. The summed E-state index contributed by atoms with van der Waals surface area (Å²) >= 11 is 0. The van der Waals surface area contributed by atoms with Crippen molar-refractivity contribution in [3.63, 3.8) is 0 Å². The summed E-state index contributed by atoms with van der Waals surface area (Å²) in [7, 11) is 2.00. The number of hydrogen-bond donors (Lipinski definition) is 1. The van der Waals surface area contributed by atoms with Crippen LogP contribution in [0.15, 0.2) is 0 Å². The van der Waals surface area contributed by atoms with Crippen LogP contribution in [-0.4, -0.2) is 22.4 Å². The van der Waals surface area contributed by atoms with Crippen molar-refractivity contribution >= 4 is 11.5 Å². The van der Waals surface area contributed by atoms with Gasteiger partial charge in [0.25, 0.3) is 0 Å². The molecule has 90 valence electrons. The van der Waals surface area contributed by atoms with Crippen molar-refractivity contribution in [2.75, 3.05) is 17.2 Å². The van der Waals surface area contributed by atoms with Crippen LogP contribution < -0.4 is 10.6 Å². The third-order valence-corrected chi connectivity index (χ3v) is 3.19. The molecule has 1 aromatic heterocycles. The molecule has 0 saturated heterocycles. The summed E-state index contributed by atoms with van der Waals surface area (Å²) in [5.41, 5.74) is 8.09. The molecule has 0 unspecified atom stereocenters. The zero-order chi connectivity index (χ0) is 11.7. The van der Waals surface area contributed by atoms with Crippen LogP contribution in [0.3, 0.4) is 0 Å². The largest absolute Gasteiger partial charge is 0.394 e. The molecule has 1 aliphatic carbocycles. The summed E-state index contributed by atoms with van der Waals surface area (Å²) < 4.78 is 1.95. The highest BCUT2D eigenvalue weighted by Crippen LogP contribution is 2.35. The Hall–Kier alpha value is -1.19. The van der Waals surface area contributed by atoms with E-state index in [1.54, 1.807) is 0 Å². The van der Waals surface area contributed by atoms with Gasteiger partial charge in [0, 0.05) is 19.6 Å². The molecule has 1 heterocycles. The molecule has 1 saturated carbocycles.